The second-order valence-electron chi connectivity index (χ2n) is 3.14. The van der Waals surface area contributed by atoms with E-state index in [1.54, 1.807) is 6.07 Å². The van der Waals surface area contributed by atoms with Crippen molar-refractivity contribution < 1.29 is 9.53 Å². The first-order valence-electron chi connectivity index (χ1n) is 4.26. The zero-order valence-electron chi connectivity index (χ0n) is 7.19. The van der Waals surface area contributed by atoms with Gasteiger partial charge < -0.3 is 15.3 Å². The highest BCUT2D eigenvalue weighted by atomic mass is 16.5. The number of hydrogen-bond donors (Lipinski definition) is 1. The molecule has 1 aliphatic heterocycles. The summed E-state index contributed by atoms with van der Waals surface area (Å²) in [5, 5.41) is 0. The van der Waals surface area contributed by atoms with Crippen LogP contribution < -0.4 is 5.73 Å². The summed E-state index contributed by atoms with van der Waals surface area (Å²) in [6.07, 6.45) is 1.27. The monoisotopic (exact) mass is 177 g/mol. The van der Waals surface area contributed by atoms with Gasteiger partial charge in [-0.05, 0) is 29.7 Å². The number of carbonyl (C=O) groups is 1. The van der Waals surface area contributed by atoms with Crippen LogP contribution in [0.5, 0.6) is 0 Å². The van der Waals surface area contributed by atoms with E-state index in [9.17, 15) is 4.79 Å². The fourth-order valence-electron chi connectivity index (χ4n) is 1.62. The quantitative estimate of drug-likeness (QED) is 0.516. The molecule has 0 spiro atoms. The van der Waals surface area contributed by atoms with E-state index in [0.29, 0.717) is 6.61 Å². The predicted octanol–water partition coefficient (Wildman–Crippen LogP) is 1.08. The van der Waals surface area contributed by atoms with Crippen LogP contribution in [0.3, 0.4) is 0 Å². The zero-order chi connectivity index (χ0) is 9.26. The number of fused-ring (bicyclic) bond motifs is 1. The fourth-order valence-corrected chi connectivity index (χ4v) is 1.62. The van der Waals surface area contributed by atoms with Gasteiger partial charge in [-0.1, -0.05) is 6.07 Å². The summed E-state index contributed by atoms with van der Waals surface area (Å²) in [6.45, 7) is 0.597. The summed E-state index contributed by atoms with van der Waals surface area (Å²) in [5.41, 5.74) is 8.46. The Morgan fingerprint density at radius 3 is 3.15 bits per heavy atom. The van der Waals surface area contributed by atoms with E-state index in [4.69, 9.17) is 10.5 Å². The average molecular weight is 177 g/mol. The predicted molar refractivity (Wildman–Crippen MR) is 49.3 cm³/mol. The van der Waals surface area contributed by atoms with Crippen LogP contribution in [0, 0.1) is 0 Å². The molecule has 1 aromatic rings. The summed E-state index contributed by atoms with van der Waals surface area (Å²) >= 11 is 0. The lowest BCUT2D eigenvalue weighted by molar-refractivity contribution is -0.119. The molecule has 0 bridgehead atoms. The van der Waals surface area contributed by atoms with Gasteiger partial charge in [0.2, 0.25) is 0 Å². The first-order valence-corrected chi connectivity index (χ1v) is 4.26. The Hall–Kier alpha value is -1.35. The Balaban J connectivity index is 2.45. The standard InChI is InChI=1S/C10H11NO2/c11-8-1-2-9-7(5-8)3-4-13-10(9)6-12/h1-2,5-6,10H,3-4,11H2. The Bertz CT molecular complexity index is 336. The third kappa shape index (κ3) is 1.42. The van der Waals surface area contributed by atoms with Crippen LogP contribution >= 0.6 is 0 Å². The molecule has 1 heterocycles. The highest BCUT2D eigenvalue weighted by Crippen LogP contribution is 2.26. The Kier molecular flexibility index (Phi) is 2.02. The summed E-state index contributed by atoms with van der Waals surface area (Å²) in [5.74, 6) is 0. The number of rotatable bonds is 1. The molecular formula is C10H11NO2. The van der Waals surface area contributed by atoms with Crippen molar-refractivity contribution in [3.63, 3.8) is 0 Å². The molecule has 1 aliphatic rings. The zero-order valence-corrected chi connectivity index (χ0v) is 7.19. The molecule has 2 N–H and O–H groups in total. The van der Waals surface area contributed by atoms with Crippen molar-refractivity contribution >= 4 is 12.0 Å². The maximum atomic E-state index is 10.7. The van der Waals surface area contributed by atoms with Crippen molar-refractivity contribution in [3.8, 4) is 0 Å². The normalized spacial score (nSPS) is 20.8. The number of nitrogens with two attached hydrogens (primary N) is 1. The van der Waals surface area contributed by atoms with Gasteiger partial charge in [-0.15, -0.1) is 0 Å². The number of anilines is 1. The molecule has 1 aromatic carbocycles. The van der Waals surface area contributed by atoms with Gasteiger partial charge >= 0.3 is 0 Å². The highest BCUT2D eigenvalue weighted by Gasteiger charge is 2.19. The van der Waals surface area contributed by atoms with E-state index < -0.39 is 6.10 Å². The van der Waals surface area contributed by atoms with Gasteiger partial charge in [0.25, 0.3) is 0 Å². The van der Waals surface area contributed by atoms with Crippen LogP contribution in [0.4, 0.5) is 5.69 Å². The van der Waals surface area contributed by atoms with Gasteiger partial charge in [-0.25, -0.2) is 0 Å². The minimum atomic E-state index is -0.399. The maximum absolute atomic E-state index is 10.7. The minimum Gasteiger partial charge on any atom is -0.399 e. The average Bonchev–Trinajstić information content (AvgIpc) is 2.16. The molecule has 13 heavy (non-hydrogen) atoms. The Morgan fingerprint density at radius 2 is 2.38 bits per heavy atom. The SMILES string of the molecule is Nc1ccc2c(c1)CCOC2C=O. The number of ether oxygens (including phenoxy) is 1. The summed E-state index contributed by atoms with van der Waals surface area (Å²) < 4.78 is 5.28. The molecule has 0 amide bonds. The lowest BCUT2D eigenvalue weighted by atomic mass is 9.98. The molecular weight excluding hydrogens is 166 g/mol. The second-order valence-corrected chi connectivity index (χ2v) is 3.14. The third-order valence-electron chi connectivity index (χ3n) is 2.27. The van der Waals surface area contributed by atoms with E-state index >= 15 is 0 Å². The van der Waals surface area contributed by atoms with Crippen LogP contribution in [0.2, 0.25) is 0 Å². The maximum Gasteiger partial charge on any atom is 0.153 e. The van der Waals surface area contributed by atoms with Crippen LogP contribution in [-0.2, 0) is 16.0 Å². The van der Waals surface area contributed by atoms with Crippen molar-refractivity contribution in [2.45, 2.75) is 12.5 Å². The number of carbonyl (C=O) groups excluding carboxylic acids is 1. The molecule has 2 rings (SSSR count). The van der Waals surface area contributed by atoms with Crippen molar-refractivity contribution in [2.24, 2.45) is 0 Å². The largest absolute Gasteiger partial charge is 0.399 e. The van der Waals surface area contributed by atoms with Crippen molar-refractivity contribution in [2.75, 3.05) is 12.3 Å². The summed E-state index contributed by atoms with van der Waals surface area (Å²) in [6, 6.07) is 5.57. The number of nitrogen functional groups attached to an aromatic ring is 1. The van der Waals surface area contributed by atoms with Crippen LogP contribution in [0.15, 0.2) is 18.2 Å². The van der Waals surface area contributed by atoms with Gasteiger partial charge in [0.1, 0.15) is 6.10 Å². The van der Waals surface area contributed by atoms with E-state index in [-0.39, 0.29) is 0 Å². The van der Waals surface area contributed by atoms with Crippen molar-refractivity contribution in [1.82, 2.24) is 0 Å². The second kappa shape index (κ2) is 3.18. The Labute approximate surface area is 76.5 Å². The Morgan fingerprint density at radius 1 is 1.54 bits per heavy atom. The van der Waals surface area contributed by atoms with Crippen LogP contribution in [-0.4, -0.2) is 12.9 Å². The van der Waals surface area contributed by atoms with E-state index in [1.165, 1.54) is 0 Å². The summed E-state index contributed by atoms with van der Waals surface area (Å²) in [4.78, 5) is 10.7. The lowest BCUT2D eigenvalue weighted by Crippen LogP contribution is -2.17. The smallest absolute Gasteiger partial charge is 0.153 e. The molecule has 0 aromatic heterocycles. The molecule has 0 radical (unpaired) electrons. The molecule has 3 nitrogen and oxygen atoms in total. The van der Waals surface area contributed by atoms with Crippen LogP contribution in [0.1, 0.15) is 17.2 Å². The van der Waals surface area contributed by atoms with Gasteiger partial charge in [0.15, 0.2) is 6.29 Å². The molecule has 3 heteroatoms. The molecule has 1 unspecified atom stereocenters. The van der Waals surface area contributed by atoms with Gasteiger partial charge in [0, 0.05) is 5.69 Å². The van der Waals surface area contributed by atoms with Crippen LogP contribution in [0.25, 0.3) is 0 Å². The molecule has 0 saturated carbocycles. The molecule has 0 aliphatic carbocycles. The minimum absolute atomic E-state index is 0.399. The highest BCUT2D eigenvalue weighted by molar-refractivity contribution is 5.63. The molecule has 1 atom stereocenters. The van der Waals surface area contributed by atoms with Crippen molar-refractivity contribution in [1.29, 1.82) is 0 Å². The number of benzene rings is 1. The first kappa shape index (κ1) is 8.26. The van der Waals surface area contributed by atoms with E-state index in [2.05, 4.69) is 0 Å². The van der Waals surface area contributed by atoms with Gasteiger partial charge in [-0.2, -0.15) is 0 Å². The van der Waals surface area contributed by atoms with Crippen molar-refractivity contribution in [3.05, 3.63) is 29.3 Å². The topological polar surface area (TPSA) is 52.3 Å². The number of aldehydes is 1. The number of hydrogen-bond acceptors (Lipinski definition) is 3. The van der Waals surface area contributed by atoms with Gasteiger partial charge in [0.05, 0.1) is 6.61 Å². The summed E-state index contributed by atoms with van der Waals surface area (Å²) in [7, 11) is 0. The third-order valence-corrected chi connectivity index (χ3v) is 2.27. The lowest BCUT2D eigenvalue weighted by Gasteiger charge is -2.21. The van der Waals surface area contributed by atoms with E-state index in [0.717, 1.165) is 29.5 Å². The fraction of sp³-hybridized carbons (Fsp3) is 0.300. The molecule has 0 fully saturated rings. The molecule has 0 saturated heterocycles. The first-order chi connectivity index (χ1) is 6.31. The van der Waals surface area contributed by atoms with E-state index in [1.807, 2.05) is 12.1 Å². The van der Waals surface area contributed by atoms with Gasteiger partial charge in [-0.3, -0.25) is 0 Å². The molecule has 68 valence electrons.